The molecule has 100 valence electrons. The van der Waals surface area contributed by atoms with Gasteiger partial charge < -0.3 is 10.0 Å². The fraction of sp³-hybridized carbons (Fsp3) is 0.500. The van der Waals surface area contributed by atoms with E-state index in [1.807, 2.05) is 13.1 Å². The molecule has 1 rings (SSSR count). The van der Waals surface area contributed by atoms with E-state index in [2.05, 4.69) is 35.0 Å². The second kappa shape index (κ2) is 7.54. The van der Waals surface area contributed by atoms with Crippen LogP contribution < -0.4 is 0 Å². The van der Waals surface area contributed by atoms with Gasteiger partial charge in [0.15, 0.2) is 0 Å². The Kier molecular flexibility index (Phi) is 6.36. The fourth-order valence-corrected chi connectivity index (χ4v) is 2.15. The summed E-state index contributed by atoms with van der Waals surface area (Å²) in [6.07, 6.45) is 1.82. The van der Waals surface area contributed by atoms with Crippen molar-refractivity contribution in [2.45, 2.75) is 26.2 Å². The third-order valence-electron chi connectivity index (χ3n) is 3.00. The Morgan fingerprint density at radius 3 is 2.83 bits per heavy atom. The maximum atomic E-state index is 11.7. The van der Waals surface area contributed by atoms with Gasteiger partial charge in [-0.3, -0.25) is 4.79 Å². The summed E-state index contributed by atoms with van der Waals surface area (Å²) >= 11 is 3.46. The zero-order valence-corrected chi connectivity index (χ0v) is 12.5. The van der Waals surface area contributed by atoms with Crippen molar-refractivity contribution in [1.82, 2.24) is 4.90 Å². The van der Waals surface area contributed by atoms with Gasteiger partial charge in [0.25, 0.3) is 0 Å². The van der Waals surface area contributed by atoms with E-state index < -0.39 is 0 Å². The summed E-state index contributed by atoms with van der Waals surface area (Å²) in [6, 6.07) is 6.20. The topological polar surface area (TPSA) is 40.5 Å². The summed E-state index contributed by atoms with van der Waals surface area (Å²) in [4.78, 5) is 13.4. The molecule has 1 aromatic carbocycles. The molecular formula is C14H20BrNO2. The van der Waals surface area contributed by atoms with Crippen molar-refractivity contribution in [2.24, 2.45) is 0 Å². The van der Waals surface area contributed by atoms with Crippen LogP contribution in [0.5, 0.6) is 0 Å². The number of nitrogens with zero attached hydrogens (tertiary/aromatic N) is 1. The number of likely N-dealkylation sites (N-methyl/N-ethyl adjacent to an activating group) is 1. The Hall–Kier alpha value is -0.870. The molecule has 1 N–H and O–H groups in total. The Bertz CT molecular complexity index is 407. The van der Waals surface area contributed by atoms with E-state index in [0.29, 0.717) is 19.4 Å². The lowest BCUT2D eigenvalue weighted by atomic mass is 10.1. The molecule has 18 heavy (non-hydrogen) atoms. The van der Waals surface area contributed by atoms with Gasteiger partial charge in [-0.1, -0.05) is 22.0 Å². The number of hydrogen-bond acceptors (Lipinski definition) is 2. The summed E-state index contributed by atoms with van der Waals surface area (Å²) in [5.41, 5.74) is 2.50. The van der Waals surface area contributed by atoms with Crippen LogP contribution in [0.25, 0.3) is 0 Å². The normalized spacial score (nSPS) is 10.4. The maximum Gasteiger partial charge on any atom is 0.222 e. The molecule has 0 bridgehead atoms. The van der Waals surface area contributed by atoms with Crippen molar-refractivity contribution in [2.75, 3.05) is 20.2 Å². The number of aliphatic hydroxyl groups excluding tert-OH is 1. The van der Waals surface area contributed by atoms with Crippen LogP contribution in [0, 0.1) is 6.92 Å². The minimum atomic E-state index is 0.0737. The van der Waals surface area contributed by atoms with Gasteiger partial charge in [-0.15, -0.1) is 0 Å². The van der Waals surface area contributed by atoms with Crippen molar-refractivity contribution in [3.8, 4) is 0 Å². The zero-order valence-electron chi connectivity index (χ0n) is 10.9. The van der Waals surface area contributed by atoms with Crippen LogP contribution in [0.15, 0.2) is 22.7 Å². The zero-order chi connectivity index (χ0) is 13.5. The van der Waals surface area contributed by atoms with Gasteiger partial charge in [0.1, 0.15) is 0 Å². The predicted molar refractivity (Wildman–Crippen MR) is 76.5 cm³/mol. The predicted octanol–water partition coefficient (Wildman–Crippen LogP) is 2.53. The SMILES string of the molecule is Cc1ccc(Br)cc1CCN(C)C(=O)CCCO. The molecule has 0 aromatic heterocycles. The summed E-state index contributed by atoms with van der Waals surface area (Å²) in [5.74, 6) is 0.0942. The second-order valence-corrected chi connectivity index (χ2v) is 5.38. The first-order valence-corrected chi connectivity index (χ1v) is 6.93. The quantitative estimate of drug-likeness (QED) is 0.876. The Morgan fingerprint density at radius 2 is 2.17 bits per heavy atom. The van der Waals surface area contributed by atoms with Gasteiger partial charge in [0.2, 0.25) is 5.91 Å². The van der Waals surface area contributed by atoms with Gasteiger partial charge in [0.05, 0.1) is 0 Å². The number of carbonyl (C=O) groups excluding carboxylic acids is 1. The van der Waals surface area contributed by atoms with E-state index in [1.165, 1.54) is 11.1 Å². The first kappa shape index (κ1) is 15.2. The second-order valence-electron chi connectivity index (χ2n) is 4.46. The molecule has 0 saturated carbocycles. The molecule has 0 spiro atoms. The number of halogens is 1. The molecule has 0 aliphatic heterocycles. The largest absolute Gasteiger partial charge is 0.396 e. The van der Waals surface area contributed by atoms with E-state index in [-0.39, 0.29) is 12.5 Å². The number of amides is 1. The summed E-state index contributed by atoms with van der Waals surface area (Å²) in [5, 5.41) is 8.70. The number of aryl methyl sites for hydroxylation is 1. The smallest absolute Gasteiger partial charge is 0.222 e. The number of aliphatic hydroxyl groups is 1. The summed E-state index contributed by atoms with van der Waals surface area (Å²) in [7, 11) is 1.81. The standard InChI is InChI=1S/C14H20BrNO2/c1-11-5-6-13(15)10-12(11)7-8-16(2)14(18)4-3-9-17/h5-6,10,17H,3-4,7-9H2,1-2H3. The molecule has 0 radical (unpaired) electrons. The number of rotatable bonds is 6. The number of hydrogen-bond donors (Lipinski definition) is 1. The van der Waals surface area contributed by atoms with Crippen molar-refractivity contribution in [3.05, 3.63) is 33.8 Å². The maximum absolute atomic E-state index is 11.7. The highest BCUT2D eigenvalue weighted by molar-refractivity contribution is 9.10. The molecule has 0 saturated heterocycles. The van der Waals surface area contributed by atoms with Crippen LogP contribution in [-0.2, 0) is 11.2 Å². The van der Waals surface area contributed by atoms with Crippen LogP contribution in [0.4, 0.5) is 0 Å². The molecule has 4 heteroatoms. The van der Waals surface area contributed by atoms with Crippen molar-refractivity contribution in [1.29, 1.82) is 0 Å². The minimum Gasteiger partial charge on any atom is -0.396 e. The molecule has 0 aliphatic rings. The van der Waals surface area contributed by atoms with Crippen molar-refractivity contribution in [3.63, 3.8) is 0 Å². The van der Waals surface area contributed by atoms with E-state index in [1.54, 1.807) is 4.90 Å². The molecular weight excluding hydrogens is 294 g/mol. The van der Waals surface area contributed by atoms with Crippen LogP contribution >= 0.6 is 15.9 Å². The Balaban J connectivity index is 2.49. The molecule has 0 aliphatic carbocycles. The van der Waals surface area contributed by atoms with Crippen molar-refractivity contribution >= 4 is 21.8 Å². The van der Waals surface area contributed by atoms with E-state index in [4.69, 9.17) is 5.11 Å². The molecule has 0 atom stereocenters. The highest BCUT2D eigenvalue weighted by Gasteiger charge is 2.08. The Morgan fingerprint density at radius 1 is 1.44 bits per heavy atom. The first-order chi connectivity index (χ1) is 8.54. The number of carbonyl (C=O) groups is 1. The monoisotopic (exact) mass is 313 g/mol. The van der Waals surface area contributed by atoms with Crippen LogP contribution in [0.2, 0.25) is 0 Å². The minimum absolute atomic E-state index is 0.0737. The average molecular weight is 314 g/mol. The van der Waals surface area contributed by atoms with E-state index >= 15 is 0 Å². The first-order valence-electron chi connectivity index (χ1n) is 6.14. The van der Waals surface area contributed by atoms with Gasteiger partial charge in [-0.2, -0.15) is 0 Å². The van der Waals surface area contributed by atoms with Crippen LogP contribution in [0.1, 0.15) is 24.0 Å². The number of benzene rings is 1. The molecule has 0 unspecified atom stereocenters. The van der Waals surface area contributed by atoms with Crippen LogP contribution in [-0.4, -0.2) is 36.1 Å². The molecule has 3 nitrogen and oxygen atoms in total. The Labute approximate surface area is 117 Å². The van der Waals surface area contributed by atoms with Gasteiger partial charge in [0, 0.05) is 31.1 Å². The molecule has 0 heterocycles. The van der Waals surface area contributed by atoms with Crippen molar-refractivity contribution < 1.29 is 9.90 Å². The highest BCUT2D eigenvalue weighted by atomic mass is 79.9. The lowest BCUT2D eigenvalue weighted by Gasteiger charge is -2.17. The third kappa shape index (κ3) is 4.78. The summed E-state index contributed by atoms with van der Waals surface area (Å²) < 4.78 is 1.07. The fourth-order valence-electron chi connectivity index (χ4n) is 1.74. The molecule has 0 fully saturated rings. The van der Waals surface area contributed by atoms with E-state index in [9.17, 15) is 4.79 Å². The highest BCUT2D eigenvalue weighted by Crippen LogP contribution is 2.16. The lowest BCUT2D eigenvalue weighted by molar-refractivity contribution is -0.130. The molecule has 1 aromatic rings. The van der Waals surface area contributed by atoms with Gasteiger partial charge in [-0.05, 0) is 43.0 Å². The van der Waals surface area contributed by atoms with Gasteiger partial charge >= 0.3 is 0 Å². The average Bonchev–Trinajstić information content (AvgIpc) is 2.36. The third-order valence-corrected chi connectivity index (χ3v) is 3.50. The van der Waals surface area contributed by atoms with Crippen LogP contribution in [0.3, 0.4) is 0 Å². The summed E-state index contributed by atoms with van der Waals surface area (Å²) in [6.45, 7) is 2.86. The molecule has 1 amide bonds. The van der Waals surface area contributed by atoms with Gasteiger partial charge in [-0.25, -0.2) is 0 Å². The lowest BCUT2D eigenvalue weighted by Crippen LogP contribution is -2.28. The van der Waals surface area contributed by atoms with E-state index in [0.717, 1.165) is 10.9 Å².